The second kappa shape index (κ2) is 6.29. The first kappa shape index (κ1) is 13.5. The van der Waals surface area contributed by atoms with E-state index in [0.29, 0.717) is 12.3 Å². The Morgan fingerprint density at radius 1 is 1.67 bits per heavy atom. The summed E-state index contributed by atoms with van der Waals surface area (Å²) in [6.07, 6.45) is 3.54. The lowest BCUT2D eigenvalue weighted by atomic mass is 9.95. The van der Waals surface area contributed by atoms with Gasteiger partial charge in [-0.2, -0.15) is 0 Å². The van der Waals surface area contributed by atoms with Gasteiger partial charge in [0, 0.05) is 24.4 Å². The van der Waals surface area contributed by atoms with Crippen molar-refractivity contribution in [2.45, 2.75) is 32.6 Å². The Bertz CT molecular complexity index is 405. The highest BCUT2D eigenvalue weighted by Crippen LogP contribution is 2.20. The van der Waals surface area contributed by atoms with E-state index in [1.165, 1.54) is 4.88 Å². The molecule has 100 valence electrons. The van der Waals surface area contributed by atoms with E-state index in [1.54, 1.807) is 11.3 Å². The zero-order valence-electron chi connectivity index (χ0n) is 10.8. The Morgan fingerprint density at radius 3 is 3.17 bits per heavy atom. The Hall–Kier alpha value is -0.940. The number of aryl methyl sites for hydroxylation is 1. The third kappa shape index (κ3) is 3.78. The number of thiazole rings is 1. The van der Waals surface area contributed by atoms with E-state index in [-0.39, 0.29) is 0 Å². The van der Waals surface area contributed by atoms with E-state index in [1.807, 2.05) is 5.51 Å². The van der Waals surface area contributed by atoms with Crippen LogP contribution in [0.2, 0.25) is 0 Å². The van der Waals surface area contributed by atoms with Crippen LogP contribution in [0.15, 0.2) is 5.51 Å². The highest BCUT2D eigenvalue weighted by atomic mass is 32.1. The zero-order valence-corrected chi connectivity index (χ0v) is 11.6. The van der Waals surface area contributed by atoms with Crippen molar-refractivity contribution in [1.29, 1.82) is 0 Å². The fourth-order valence-electron chi connectivity index (χ4n) is 2.59. The van der Waals surface area contributed by atoms with Gasteiger partial charge < -0.3 is 10.0 Å². The van der Waals surface area contributed by atoms with Crippen molar-refractivity contribution in [2.24, 2.45) is 5.92 Å². The van der Waals surface area contributed by atoms with Crippen LogP contribution in [0.1, 0.15) is 29.8 Å². The summed E-state index contributed by atoms with van der Waals surface area (Å²) in [5.74, 6) is -0.334. The van der Waals surface area contributed by atoms with Gasteiger partial charge in [-0.3, -0.25) is 4.79 Å². The van der Waals surface area contributed by atoms with Crippen LogP contribution in [-0.4, -0.2) is 40.6 Å². The molecule has 4 nitrogen and oxygen atoms in total. The molecule has 0 radical (unpaired) electrons. The van der Waals surface area contributed by atoms with Crippen LogP contribution in [0, 0.1) is 12.8 Å². The third-order valence-corrected chi connectivity index (χ3v) is 4.56. The normalized spacial score (nSPS) is 21.1. The van der Waals surface area contributed by atoms with Gasteiger partial charge in [0.1, 0.15) is 0 Å². The monoisotopic (exact) mass is 268 g/mol. The second-order valence-corrected chi connectivity index (χ2v) is 5.96. The Morgan fingerprint density at radius 2 is 2.50 bits per heavy atom. The summed E-state index contributed by atoms with van der Waals surface area (Å²) in [6.45, 7) is 5.12. The SMILES string of the molecule is Cc1ncsc1CCN1CCCC(CC(=O)O)C1. The molecule has 0 saturated carbocycles. The van der Waals surface area contributed by atoms with Crippen molar-refractivity contribution in [1.82, 2.24) is 9.88 Å². The Kier molecular flexibility index (Phi) is 4.72. The Labute approximate surface area is 112 Å². The van der Waals surface area contributed by atoms with E-state index in [4.69, 9.17) is 5.11 Å². The van der Waals surface area contributed by atoms with Crippen LogP contribution < -0.4 is 0 Å². The molecule has 0 aromatic carbocycles. The predicted octanol–water partition coefficient (Wildman–Crippen LogP) is 2.18. The average Bonchev–Trinajstić information content (AvgIpc) is 2.72. The maximum atomic E-state index is 10.7. The molecule has 1 unspecified atom stereocenters. The van der Waals surface area contributed by atoms with Gasteiger partial charge in [-0.05, 0) is 38.6 Å². The number of aromatic nitrogens is 1. The minimum atomic E-state index is -0.667. The Balaban J connectivity index is 1.79. The molecule has 0 bridgehead atoms. The minimum Gasteiger partial charge on any atom is -0.481 e. The number of likely N-dealkylation sites (tertiary alicyclic amines) is 1. The number of nitrogens with zero attached hydrogens (tertiary/aromatic N) is 2. The van der Waals surface area contributed by atoms with E-state index < -0.39 is 5.97 Å². The summed E-state index contributed by atoms with van der Waals surface area (Å²) in [4.78, 5) is 18.8. The van der Waals surface area contributed by atoms with Gasteiger partial charge in [0.05, 0.1) is 11.2 Å². The molecule has 1 saturated heterocycles. The predicted molar refractivity (Wildman–Crippen MR) is 72.0 cm³/mol. The highest BCUT2D eigenvalue weighted by Gasteiger charge is 2.21. The van der Waals surface area contributed by atoms with Gasteiger partial charge >= 0.3 is 5.97 Å². The molecule has 1 aromatic rings. The molecule has 2 rings (SSSR count). The number of hydrogen-bond acceptors (Lipinski definition) is 4. The number of carboxylic acid groups (broad SMARTS) is 1. The van der Waals surface area contributed by atoms with E-state index in [2.05, 4.69) is 16.8 Å². The summed E-state index contributed by atoms with van der Waals surface area (Å²) in [7, 11) is 0. The van der Waals surface area contributed by atoms with E-state index in [9.17, 15) is 4.79 Å². The molecule has 1 fully saturated rings. The van der Waals surface area contributed by atoms with Crippen molar-refractivity contribution < 1.29 is 9.90 Å². The molecule has 5 heteroatoms. The number of aliphatic carboxylic acids is 1. The second-order valence-electron chi connectivity index (χ2n) is 5.02. The molecule has 1 aromatic heterocycles. The fourth-order valence-corrected chi connectivity index (χ4v) is 3.36. The van der Waals surface area contributed by atoms with Crippen LogP contribution in [0.4, 0.5) is 0 Å². The average molecular weight is 268 g/mol. The molecule has 18 heavy (non-hydrogen) atoms. The first-order valence-corrected chi connectivity index (χ1v) is 7.36. The maximum absolute atomic E-state index is 10.7. The summed E-state index contributed by atoms with van der Waals surface area (Å²) >= 11 is 1.72. The standard InChI is InChI=1S/C13H20N2O2S/c1-10-12(18-9-14-10)4-6-15-5-2-3-11(8-15)7-13(16)17/h9,11H,2-8H2,1H3,(H,16,17). The van der Waals surface area contributed by atoms with Crippen molar-refractivity contribution in [3.05, 3.63) is 16.1 Å². The van der Waals surface area contributed by atoms with Crippen molar-refractivity contribution >= 4 is 17.3 Å². The molecule has 0 spiro atoms. The maximum Gasteiger partial charge on any atom is 0.303 e. The molecule has 1 aliphatic heterocycles. The van der Waals surface area contributed by atoms with Crippen LogP contribution in [0.25, 0.3) is 0 Å². The van der Waals surface area contributed by atoms with Gasteiger partial charge in [-0.25, -0.2) is 4.98 Å². The van der Waals surface area contributed by atoms with Crippen LogP contribution in [0.5, 0.6) is 0 Å². The van der Waals surface area contributed by atoms with Gasteiger partial charge in [0.15, 0.2) is 0 Å². The molecule has 1 aliphatic rings. The van der Waals surface area contributed by atoms with Crippen LogP contribution >= 0.6 is 11.3 Å². The quantitative estimate of drug-likeness (QED) is 0.889. The van der Waals surface area contributed by atoms with Crippen molar-refractivity contribution in [2.75, 3.05) is 19.6 Å². The first-order valence-electron chi connectivity index (χ1n) is 6.48. The lowest BCUT2D eigenvalue weighted by Gasteiger charge is -2.31. The molecule has 0 aliphatic carbocycles. The number of carboxylic acids is 1. The van der Waals surface area contributed by atoms with Crippen molar-refractivity contribution in [3.63, 3.8) is 0 Å². The lowest BCUT2D eigenvalue weighted by Crippen LogP contribution is -2.37. The molecule has 0 amide bonds. The molecule has 2 heterocycles. The zero-order chi connectivity index (χ0) is 13.0. The summed E-state index contributed by atoms with van der Waals surface area (Å²) < 4.78 is 0. The van der Waals surface area contributed by atoms with Gasteiger partial charge in [0.25, 0.3) is 0 Å². The highest BCUT2D eigenvalue weighted by molar-refractivity contribution is 7.09. The first-order chi connectivity index (χ1) is 8.65. The van der Waals surface area contributed by atoms with E-state index in [0.717, 1.165) is 44.6 Å². The lowest BCUT2D eigenvalue weighted by molar-refractivity contribution is -0.138. The van der Waals surface area contributed by atoms with E-state index >= 15 is 0 Å². The summed E-state index contributed by atoms with van der Waals surface area (Å²) in [5.41, 5.74) is 3.03. The number of rotatable bonds is 5. The largest absolute Gasteiger partial charge is 0.481 e. The third-order valence-electron chi connectivity index (χ3n) is 3.57. The van der Waals surface area contributed by atoms with Crippen molar-refractivity contribution in [3.8, 4) is 0 Å². The van der Waals surface area contributed by atoms with Crippen LogP contribution in [0.3, 0.4) is 0 Å². The fraction of sp³-hybridized carbons (Fsp3) is 0.692. The summed E-state index contributed by atoms with van der Waals surface area (Å²) in [5, 5.41) is 8.84. The van der Waals surface area contributed by atoms with Gasteiger partial charge in [0.2, 0.25) is 0 Å². The topological polar surface area (TPSA) is 53.4 Å². The molecular formula is C13H20N2O2S. The number of hydrogen-bond donors (Lipinski definition) is 1. The van der Waals surface area contributed by atoms with Crippen LogP contribution in [-0.2, 0) is 11.2 Å². The number of carbonyl (C=O) groups is 1. The molecule has 1 N–H and O–H groups in total. The minimum absolute atomic E-state index is 0.316. The van der Waals surface area contributed by atoms with Gasteiger partial charge in [-0.15, -0.1) is 11.3 Å². The molecule has 1 atom stereocenters. The number of piperidine rings is 1. The summed E-state index contributed by atoms with van der Waals surface area (Å²) in [6, 6.07) is 0. The molecular weight excluding hydrogens is 248 g/mol. The smallest absolute Gasteiger partial charge is 0.303 e. The van der Waals surface area contributed by atoms with Gasteiger partial charge in [-0.1, -0.05) is 0 Å².